The molecule has 0 saturated heterocycles. The van der Waals surface area contributed by atoms with Crippen molar-refractivity contribution in [1.29, 1.82) is 0 Å². The Morgan fingerprint density at radius 1 is 1.42 bits per heavy atom. The van der Waals surface area contributed by atoms with Crippen LogP contribution in [0.2, 0.25) is 0 Å². The zero-order chi connectivity index (χ0) is 17.5. The summed E-state index contributed by atoms with van der Waals surface area (Å²) in [4.78, 5) is 16.4. The molecule has 6 heteroatoms. The van der Waals surface area contributed by atoms with Gasteiger partial charge in [0.05, 0.1) is 6.61 Å². The van der Waals surface area contributed by atoms with Gasteiger partial charge >= 0.3 is 0 Å². The Kier molecular flexibility index (Phi) is 6.37. The van der Waals surface area contributed by atoms with E-state index in [9.17, 15) is 4.79 Å². The van der Waals surface area contributed by atoms with Crippen LogP contribution in [0.3, 0.4) is 0 Å². The predicted molar refractivity (Wildman–Crippen MR) is 91.6 cm³/mol. The van der Waals surface area contributed by atoms with Crippen LogP contribution in [-0.2, 0) is 17.9 Å². The maximum absolute atomic E-state index is 12.2. The monoisotopic (exact) mass is 331 g/mol. The van der Waals surface area contributed by atoms with Crippen molar-refractivity contribution in [1.82, 2.24) is 14.9 Å². The average Bonchev–Trinajstić information content (AvgIpc) is 2.97. The summed E-state index contributed by atoms with van der Waals surface area (Å²) in [7, 11) is 0. The minimum Gasteiger partial charge on any atom is -0.481 e. The van der Waals surface area contributed by atoms with Gasteiger partial charge in [-0.1, -0.05) is 19.1 Å². The predicted octanol–water partition coefficient (Wildman–Crippen LogP) is 1.90. The van der Waals surface area contributed by atoms with Gasteiger partial charge in [-0.05, 0) is 37.5 Å². The summed E-state index contributed by atoms with van der Waals surface area (Å²) in [5.74, 6) is 1.67. The van der Waals surface area contributed by atoms with Crippen LogP contribution in [0.4, 0.5) is 0 Å². The van der Waals surface area contributed by atoms with Crippen molar-refractivity contribution in [2.45, 2.75) is 40.0 Å². The number of aliphatic hydroxyl groups is 1. The summed E-state index contributed by atoms with van der Waals surface area (Å²) in [5.41, 5.74) is 0.754. The SMILES string of the molecule is Cc1nccn1CC(C)CNC(=O)C(C)Oc1cccc(CO)c1. The molecule has 24 heavy (non-hydrogen) atoms. The summed E-state index contributed by atoms with van der Waals surface area (Å²) in [6, 6.07) is 7.10. The van der Waals surface area contributed by atoms with E-state index in [1.54, 1.807) is 37.4 Å². The molecule has 2 N–H and O–H groups in total. The lowest BCUT2D eigenvalue weighted by Gasteiger charge is -2.18. The summed E-state index contributed by atoms with van der Waals surface area (Å²) < 4.78 is 7.70. The van der Waals surface area contributed by atoms with Crippen LogP contribution < -0.4 is 10.1 Å². The highest BCUT2D eigenvalue weighted by molar-refractivity contribution is 5.80. The van der Waals surface area contributed by atoms with E-state index in [0.29, 0.717) is 12.3 Å². The van der Waals surface area contributed by atoms with Crippen molar-refractivity contribution in [2.75, 3.05) is 6.54 Å². The van der Waals surface area contributed by atoms with Gasteiger partial charge in [-0.25, -0.2) is 4.98 Å². The Morgan fingerprint density at radius 3 is 2.88 bits per heavy atom. The number of rotatable bonds is 8. The van der Waals surface area contributed by atoms with Crippen molar-refractivity contribution in [2.24, 2.45) is 5.92 Å². The maximum atomic E-state index is 12.2. The fourth-order valence-electron chi connectivity index (χ4n) is 2.39. The van der Waals surface area contributed by atoms with Crippen LogP contribution in [-0.4, -0.2) is 33.2 Å². The zero-order valence-corrected chi connectivity index (χ0v) is 14.4. The molecule has 1 aromatic heterocycles. The molecule has 0 radical (unpaired) electrons. The third-order valence-corrected chi connectivity index (χ3v) is 3.82. The Balaban J connectivity index is 1.79. The first kappa shape index (κ1) is 18.0. The number of benzene rings is 1. The van der Waals surface area contributed by atoms with Crippen molar-refractivity contribution in [3.63, 3.8) is 0 Å². The topological polar surface area (TPSA) is 76.4 Å². The second kappa shape index (κ2) is 8.49. The minimum atomic E-state index is -0.596. The largest absolute Gasteiger partial charge is 0.481 e. The van der Waals surface area contributed by atoms with Crippen molar-refractivity contribution >= 4 is 5.91 Å². The number of nitrogens with one attached hydrogen (secondary N) is 1. The molecule has 0 saturated carbocycles. The molecule has 130 valence electrons. The number of imidazole rings is 1. The van der Waals surface area contributed by atoms with E-state index in [2.05, 4.69) is 21.8 Å². The quantitative estimate of drug-likeness (QED) is 0.775. The van der Waals surface area contributed by atoms with Gasteiger partial charge in [-0.3, -0.25) is 4.79 Å². The standard InChI is InChI=1S/C18H25N3O3/c1-13(11-21-8-7-19-15(21)3)10-20-18(23)14(2)24-17-6-4-5-16(9-17)12-22/h4-9,13-14,22H,10-12H2,1-3H3,(H,20,23). The van der Waals surface area contributed by atoms with Crippen molar-refractivity contribution in [3.05, 3.63) is 48.0 Å². The van der Waals surface area contributed by atoms with Crippen LogP contribution in [0.5, 0.6) is 5.75 Å². The number of aromatic nitrogens is 2. The average molecular weight is 331 g/mol. The Bertz CT molecular complexity index is 669. The van der Waals surface area contributed by atoms with Crippen LogP contribution >= 0.6 is 0 Å². The summed E-state index contributed by atoms with van der Waals surface area (Å²) in [5, 5.41) is 12.1. The van der Waals surface area contributed by atoms with Crippen LogP contribution in [0.1, 0.15) is 25.2 Å². The molecule has 0 aliphatic heterocycles. The molecule has 0 fully saturated rings. The number of amides is 1. The number of hydrogen-bond donors (Lipinski definition) is 2. The molecular weight excluding hydrogens is 306 g/mol. The van der Waals surface area contributed by atoms with Gasteiger partial charge < -0.3 is 19.7 Å². The molecule has 2 unspecified atom stereocenters. The number of hydrogen-bond acceptors (Lipinski definition) is 4. The first-order chi connectivity index (χ1) is 11.5. The first-order valence-corrected chi connectivity index (χ1v) is 8.11. The number of carbonyl (C=O) groups excluding carboxylic acids is 1. The summed E-state index contributed by atoms with van der Waals surface area (Å²) in [6.45, 7) is 7.08. The van der Waals surface area contributed by atoms with E-state index in [1.807, 2.05) is 13.1 Å². The molecular formula is C18H25N3O3. The van der Waals surface area contributed by atoms with Gasteiger partial charge in [-0.2, -0.15) is 0 Å². The van der Waals surface area contributed by atoms with Gasteiger partial charge in [0, 0.05) is 25.5 Å². The fourth-order valence-corrected chi connectivity index (χ4v) is 2.39. The fraction of sp³-hybridized carbons (Fsp3) is 0.444. The Morgan fingerprint density at radius 2 is 2.21 bits per heavy atom. The minimum absolute atomic E-state index is 0.0526. The smallest absolute Gasteiger partial charge is 0.260 e. The van der Waals surface area contributed by atoms with Crippen molar-refractivity contribution < 1.29 is 14.6 Å². The number of nitrogens with zero attached hydrogens (tertiary/aromatic N) is 2. The highest BCUT2D eigenvalue weighted by atomic mass is 16.5. The summed E-state index contributed by atoms with van der Waals surface area (Å²) >= 11 is 0. The number of ether oxygens (including phenoxy) is 1. The molecule has 0 aliphatic carbocycles. The van der Waals surface area contributed by atoms with Gasteiger partial charge in [0.15, 0.2) is 6.10 Å². The number of aryl methyl sites for hydroxylation is 1. The van der Waals surface area contributed by atoms with Crippen LogP contribution in [0, 0.1) is 12.8 Å². The summed E-state index contributed by atoms with van der Waals surface area (Å²) in [6.07, 6.45) is 3.12. The van der Waals surface area contributed by atoms with E-state index in [1.165, 1.54) is 0 Å². The van der Waals surface area contributed by atoms with Crippen LogP contribution in [0.25, 0.3) is 0 Å². The molecule has 0 spiro atoms. The van der Waals surface area contributed by atoms with Gasteiger partial charge in [-0.15, -0.1) is 0 Å². The Hall–Kier alpha value is -2.34. The van der Waals surface area contributed by atoms with E-state index >= 15 is 0 Å². The molecule has 1 heterocycles. The number of aliphatic hydroxyl groups excluding tert-OH is 1. The molecule has 2 atom stereocenters. The van der Waals surface area contributed by atoms with E-state index < -0.39 is 6.10 Å². The molecule has 0 bridgehead atoms. The van der Waals surface area contributed by atoms with Gasteiger partial charge in [0.2, 0.25) is 0 Å². The van der Waals surface area contributed by atoms with E-state index in [0.717, 1.165) is 17.9 Å². The zero-order valence-electron chi connectivity index (χ0n) is 14.4. The second-order valence-corrected chi connectivity index (χ2v) is 6.04. The van der Waals surface area contributed by atoms with Gasteiger partial charge in [0.25, 0.3) is 5.91 Å². The molecule has 1 amide bonds. The maximum Gasteiger partial charge on any atom is 0.260 e. The van der Waals surface area contributed by atoms with E-state index in [4.69, 9.17) is 9.84 Å². The Labute approximate surface area is 142 Å². The van der Waals surface area contributed by atoms with Crippen molar-refractivity contribution in [3.8, 4) is 5.75 Å². The lowest BCUT2D eigenvalue weighted by atomic mass is 10.1. The lowest BCUT2D eigenvalue weighted by molar-refractivity contribution is -0.127. The van der Waals surface area contributed by atoms with E-state index in [-0.39, 0.29) is 18.4 Å². The highest BCUT2D eigenvalue weighted by Gasteiger charge is 2.16. The molecule has 6 nitrogen and oxygen atoms in total. The molecule has 2 aromatic rings. The first-order valence-electron chi connectivity index (χ1n) is 8.11. The lowest BCUT2D eigenvalue weighted by Crippen LogP contribution is -2.39. The molecule has 2 rings (SSSR count). The normalized spacial score (nSPS) is 13.3. The third-order valence-electron chi connectivity index (χ3n) is 3.82. The van der Waals surface area contributed by atoms with Crippen LogP contribution in [0.15, 0.2) is 36.7 Å². The molecule has 1 aromatic carbocycles. The second-order valence-electron chi connectivity index (χ2n) is 6.04. The highest BCUT2D eigenvalue weighted by Crippen LogP contribution is 2.15. The number of carbonyl (C=O) groups is 1. The molecule has 0 aliphatic rings. The van der Waals surface area contributed by atoms with Gasteiger partial charge in [0.1, 0.15) is 11.6 Å². The third kappa shape index (κ3) is 5.09.